The van der Waals surface area contributed by atoms with Crippen molar-refractivity contribution in [2.45, 2.75) is 238 Å². The summed E-state index contributed by atoms with van der Waals surface area (Å²) in [5.41, 5.74) is 0. The molecular weight excluding hydrogens is 1050 g/mol. The first-order valence-corrected chi connectivity index (χ1v) is 32.9. The molecular formula is C70H111O11P. The molecule has 0 aromatic carbocycles. The van der Waals surface area contributed by atoms with Gasteiger partial charge in [0.2, 0.25) is 0 Å². The van der Waals surface area contributed by atoms with Crippen molar-refractivity contribution in [1.82, 2.24) is 0 Å². The Balaban J connectivity index is 4.91. The van der Waals surface area contributed by atoms with Crippen molar-refractivity contribution in [2.24, 2.45) is 0 Å². The molecule has 0 aliphatic heterocycles. The molecule has 0 fully saturated rings. The first kappa shape index (κ1) is 77.1. The first-order valence-electron chi connectivity index (χ1n) is 31.4. The van der Waals surface area contributed by atoms with Gasteiger partial charge in [-0.3, -0.25) is 23.4 Å². The summed E-state index contributed by atoms with van der Waals surface area (Å²) in [4.78, 5) is 48.7. The highest BCUT2D eigenvalue weighted by molar-refractivity contribution is 7.47. The number of carbonyl (C=O) groups excluding carboxylic acids is 3. The van der Waals surface area contributed by atoms with Crippen LogP contribution >= 0.6 is 7.82 Å². The van der Waals surface area contributed by atoms with Gasteiger partial charge in [-0.2, -0.15) is 0 Å². The Morgan fingerprint density at radius 3 is 1.02 bits per heavy atom. The lowest BCUT2D eigenvalue weighted by Crippen LogP contribution is -2.30. The molecule has 2 N–H and O–H groups in total. The van der Waals surface area contributed by atoms with Crippen molar-refractivity contribution < 1.29 is 52.2 Å². The summed E-state index contributed by atoms with van der Waals surface area (Å²) in [5, 5.41) is 9.84. The SMILES string of the molecule is CC/C=C\C/C=C\C/C=C\C/C=C\C/C=C\C/C=C\CCC(=O)OC(CO)COP(=O)(O)OCC(COC(=O)CCCCCCCCC/C=C\CCCCCCCC)OC(=O)CC/C=C\C/C=C\C/C=C\C/C=C\C/C=C\C/C=C\CC. The van der Waals surface area contributed by atoms with Crippen LogP contribution in [0.2, 0.25) is 0 Å². The number of aliphatic hydroxyl groups excluding tert-OH is 1. The number of hydrogen-bond donors (Lipinski definition) is 2. The van der Waals surface area contributed by atoms with E-state index in [4.69, 9.17) is 23.3 Å². The van der Waals surface area contributed by atoms with E-state index in [-0.39, 0.29) is 25.9 Å². The highest BCUT2D eigenvalue weighted by Gasteiger charge is 2.28. The van der Waals surface area contributed by atoms with E-state index in [1.807, 2.05) is 24.3 Å². The third-order valence-corrected chi connectivity index (χ3v) is 13.4. The van der Waals surface area contributed by atoms with Crippen molar-refractivity contribution in [1.29, 1.82) is 0 Å². The maximum Gasteiger partial charge on any atom is 0.472 e. The van der Waals surface area contributed by atoms with E-state index in [0.717, 1.165) is 89.9 Å². The van der Waals surface area contributed by atoms with Crippen molar-refractivity contribution in [3.63, 3.8) is 0 Å². The van der Waals surface area contributed by atoms with Gasteiger partial charge < -0.3 is 24.2 Å². The van der Waals surface area contributed by atoms with E-state index in [1.54, 1.807) is 0 Å². The molecule has 0 saturated carbocycles. The molecule has 3 atom stereocenters. The van der Waals surface area contributed by atoms with Crippen LogP contribution in [0.4, 0.5) is 0 Å². The molecule has 0 spiro atoms. The molecule has 0 heterocycles. The van der Waals surface area contributed by atoms with Crippen LogP contribution < -0.4 is 0 Å². The van der Waals surface area contributed by atoms with Gasteiger partial charge in [-0.25, -0.2) is 4.57 Å². The minimum absolute atomic E-state index is 0.0273. The van der Waals surface area contributed by atoms with Gasteiger partial charge in [0.25, 0.3) is 0 Å². The number of rotatable bonds is 56. The molecule has 0 bridgehead atoms. The lowest BCUT2D eigenvalue weighted by molar-refractivity contribution is -0.161. The zero-order valence-electron chi connectivity index (χ0n) is 51.1. The molecule has 0 saturated heterocycles. The molecule has 462 valence electrons. The van der Waals surface area contributed by atoms with Crippen LogP contribution in [0.25, 0.3) is 0 Å². The lowest BCUT2D eigenvalue weighted by Gasteiger charge is -2.21. The zero-order chi connectivity index (χ0) is 59.8. The normalized spacial score (nSPS) is 14.4. The number of allylic oxidation sites excluding steroid dienone is 26. The summed E-state index contributed by atoms with van der Waals surface area (Å²) < 4.78 is 39.5. The van der Waals surface area contributed by atoms with Crippen LogP contribution in [0.1, 0.15) is 226 Å². The zero-order valence-corrected chi connectivity index (χ0v) is 52.0. The largest absolute Gasteiger partial charge is 0.472 e. The van der Waals surface area contributed by atoms with Crippen molar-refractivity contribution in [2.75, 3.05) is 26.4 Å². The number of esters is 3. The van der Waals surface area contributed by atoms with Gasteiger partial charge in [-0.1, -0.05) is 243 Å². The molecule has 0 radical (unpaired) electrons. The van der Waals surface area contributed by atoms with Crippen LogP contribution in [0.15, 0.2) is 158 Å². The first-order chi connectivity index (χ1) is 40.2. The monoisotopic (exact) mass is 1160 g/mol. The van der Waals surface area contributed by atoms with Crippen LogP contribution in [0.3, 0.4) is 0 Å². The van der Waals surface area contributed by atoms with Gasteiger partial charge in [-0.15, -0.1) is 0 Å². The third kappa shape index (κ3) is 59.7. The average molecular weight is 1160 g/mol. The number of phosphoric acid groups is 1. The van der Waals surface area contributed by atoms with Gasteiger partial charge in [0.1, 0.15) is 12.7 Å². The smallest absolute Gasteiger partial charge is 0.462 e. The Morgan fingerprint density at radius 2 is 0.659 bits per heavy atom. The molecule has 12 heteroatoms. The Morgan fingerprint density at radius 1 is 0.354 bits per heavy atom. The predicted octanol–water partition coefficient (Wildman–Crippen LogP) is 19.3. The second kappa shape index (κ2) is 62.2. The fraction of sp³-hybridized carbons (Fsp3) is 0.586. The number of ether oxygens (including phenoxy) is 3. The standard InChI is InChI=1S/C70H111O11P/c1-4-7-10-13-16-19-22-25-28-31-33-36-39-42-45-48-51-54-57-60-69(73)80-66(62-71)64-78-82(75,76)79-65-67(63-77-68(72)59-56-53-50-47-44-41-38-35-30-27-24-21-18-15-12-9-6-3)81-70(74)61-58-55-52-49-46-43-40-37-34-32-29-26-23-20-17-14-11-8-5-2/h7-8,10-11,16-17,19-20,25-30,33-34,36-37,42-43,45-46,51-52,54-55,66-67,71H,4-6,9,12-15,18,21-24,31-32,35,38-41,44,47-50,53,56-65H2,1-3H3,(H,75,76)/b10-7-,11-8-,19-16-,20-17-,28-25-,29-26-,30-27-,36-33-,37-34-,45-42-,46-43-,54-51-,55-52-. The van der Waals surface area contributed by atoms with Crippen molar-refractivity contribution >= 4 is 25.7 Å². The molecule has 0 aliphatic carbocycles. The Bertz CT molecular complexity index is 1980. The summed E-state index contributed by atoms with van der Waals surface area (Å²) >= 11 is 0. The quantitative estimate of drug-likeness (QED) is 0.0197. The number of hydrogen-bond acceptors (Lipinski definition) is 10. The maximum atomic E-state index is 12.9. The molecule has 82 heavy (non-hydrogen) atoms. The fourth-order valence-electron chi connectivity index (χ4n) is 7.75. The van der Waals surface area contributed by atoms with Gasteiger partial charge in [0.05, 0.1) is 19.8 Å². The van der Waals surface area contributed by atoms with E-state index in [0.29, 0.717) is 32.1 Å². The van der Waals surface area contributed by atoms with E-state index in [9.17, 15) is 28.9 Å². The molecule has 0 aliphatic rings. The average Bonchev–Trinajstić information content (AvgIpc) is 3.47. The Hall–Kier alpha value is -4.90. The second-order valence-electron chi connectivity index (χ2n) is 20.1. The molecule has 0 aromatic heterocycles. The van der Waals surface area contributed by atoms with Crippen LogP contribution in [-0.2, 0) is 42.2 Å². The minimum atomic E-state index is -4.81. The van der Waals surface area contributed by atoms with Crippen LogP contribution in [0.5, 0.6) is 0 Å². The highest BCUT2D eigenvalue weighted by Crippen LogP contribution is 2.43. The Labute approximate surface area is 498 Å². The lowest BCUT2D eigenvalue weighted by atomic mass is 10.1. The summed E-state index contributed by atoms with van der Waals surface area (Å²) in [6.07, 6.45) is 82.3. The van der Waals surface area contributed by atoms with Gasteiger partial charge in [0, 0.05) is 19.3 Å². The number of aliphatic hydroxyl groups is 1. The Kier molecular flexibility index (Phi) is 58.4. The summed E-state index contributed by atoms with van der Waals surface area (Å²) in [6, 6.07) is 0. The molecule has 3 unspecified atom stereocenters. The predicted molar refractivity (Wildman–Crippen MR) is 343 cm³/mol. The molecule has 0 amide bonds. The van der Waals surface area contributed by atoms with Gasteiger partial charge in [0.15, 0.2) is 6.10 Å². The fourth-order valence-corrected chi connectivity index (χ4v) is 8.54. The van der Waals surface area contributed by atoms with E-state index < -0.39 is 57.8 Å². The summed E-state index contributed by atoms with van der Waals surface area (Å²) in [6.45, 7) is 4.23. The van der Waals surface area contributed by atoms with Crippen molar-refractivity contribution in [3.05, 3.63) is 158 Å². The topological polar surface area (TPSA) is 155 Å². The van der Waals surface area contributed by atoms with E-state index >= 15 is 0 Å². The number of carbonyl (C=O) groups is 3. The summed E-state index contributed by atoms with van der Waals surface area (Å²) in [7, 11) is -4.81. The number of phosphoric ester groups is 1. The maximum absolute atomic E-state index is 12.9. The van der Waals surface area contributed by atoms with Crippen LogP contribution in [0, 0.1) is 0 Å². The molecule has 0 rings (SSSR count). The third-order valence-electron chi connectivity index (χ3n) is 12.4. The van der Waals surface area contributed by atoms with Crippen LogP contribution in [-0.4, -0.2) is 66.5 Å². The van der Waals surface area contributed by atoms with Gasteiger partial charge >= 0.3 is 25.7 Å². The molecule has 11 nitrogen and oxygen atoms in total. The number of unbranched alkanes of at least 4 members (excludes halogenated alkanes) is 13. The van der Waals surface area contributed by atoms with E-state index in [1.165, 1.54) is 64.2 Å². The molecule has 0 aromatic rings. The second-order valence-corrected chi connectivity index (χ2v) is 21.6. The van der Waals surface area contributed by atoms with Crippen molar-refractivity contribution in [3.8, 4) is 0 Å². The summed E-state index contributed by atoms with van der Waals surface area (Å²) in [5.74, 6) is -1.68. The minimum Gasteiger partial charge on any atom is -0.462 e. The highest BCUT2D eigenvalue weighted by atomic mass is 31.2. The van der Waals surface area contributed by atoms with Gasteiger partial charge in [-0.05, 0) is 122 Å². The van der Waals surface area contributed by atoms with E-state index in [2.05, 4.69) is 154 Å².